The van der Waals surface area contributed by atoms with E-state index in [1.54, 1.807) is 19.1 Å². The summed E-state index contributed by atoms with van der Waals surface area (Å²) in [6.07, 6.45) is 0. The van der Waals surface area contributed by atoms with E-state index in [1.165, 1.54) is 5.56 Å². The molecule has 0 unspecified atom stereocenters. The van der Waals surface area contributed by atoms with E-state index >= 15 is 0 Å². The topological polar surface area (TPSA) is 29.5 Å². The number of amides is 1. The van der Waals surface area contributed by atoms with E-state index in [1.807, 2.05) is 32.0 Å². The van der Waals surface area contributed by atoms with Crippen LogP contribution in [-0.2, 0) is 4.74 Å². The summed E-state index contributed by atoms with van der Waals surface area (Å²) in [4.78, 5) is 13.7. The molecule has 1 aromatic rings. The second-order valence-corrected chi connectivity index (χ2v) is 4.04. The molecular formula is C13H19NO2. The molecule has 1 aromatic carbocycles. The number of ether oxygens (including phenoxy) is 1. The van der Waals surface area contributed by atoms with Crippen LogP contribution in [0.15, 0.2) is 18.2 Å². The number of benzene rings is 1. The Labute approximate surface area is 97.0 Å². The number of rotatable bonds is 4. The Hall–Kier alpha value is -1.35. The van der Waals surface area contributed by atoms with Crippen molar-refractivity contribution in [1.82, 2.24) is 4.90 Å². The lowest BCUT2D eigenvalue weighted by Crippen LogP contribution is -2.30. The summed E-state index contributed by atoms with van der Waals surface area (Å²) >= 11 is 0. The standard InChI is InChI=1S/C13H19NO2/c1-10-5-6-12(11(2)9-10)13(15)14(3)7-8-16-4/h5-6,9H,7-8H2,1-4H3. The van der Waals surface area contributed by atoms with Gasteiger partial charge < -0.3 is 9.64 Å². The zero-order chi connectivity index (χ0) is 12.1. The second kappa shape index (κ2) is 5.66. The van der Waals surface area contributed by atoms with Crippen LogP contribution in [0.5, 0.6) is 0 Å². The lowest BCUT2D eigenvalue weighted by atomic mass is 10.0. The molecule has 0 radical (unpaired) electrons. The van der Waals surface area contributed by atoms with E-state index in [0.717, 1.165) is 11.1 Å². The molecule has 88 valence electrons. The highest BCUT2D eigenvalue weighted by molar-refractivity contribution is 5.95. The van der Waals surface area contributed by atoms with Gasteiger partial charge in [-0.25, -0.2) is 0 Å². The quantitative estimate of drug-likeness (QED) is 0.778. The Morgan fingerprint density at radius 1 is 1.38 bits per heavy atom. The number of carbonyl (C=O) groups excluding carboxylic acids is 1. The van der Waals surface area contributed by atoms with Gasteiger partial charge in [-0.05, 0) is 25.5 Å². The molecule has 0 aliphatic rings. The second-order valence-electron chi connectivity index (χ2n) is 4.04. The fraction of sp³-hybridized carbons (Fsp3) is 0.462. The smallest absolute Gasteiger partial charge is 0.253 e. The highest BCUT2D eigenvalue weighted by atomic mass is 16.5. The summed E-state index contributed by atoms with van der Waals surface area (Å²) in [5, 5.41) is 0. The number of hydrogen-bond donors (Lipinski definition) is 0. The summed E-state index contributed by atoms with van der Waals surface area (Å²) in [6, 6.07) is 5.87. The highest BCUT2D eigenvalue weighted by Gasteiger charge is 2.13. The summed E-state index contributed by atoms with van der Waals surface area (Å²) in [5.74, 6) is 0.0505. The first kappa shape index (κ1) is 12.7. The van der Waals surface area contributed by atoms with Crippen molar-refractivity contribution >= 4 is 5.91 Å². The predicted octanol–water partition coefficient (Wildman–Crippen LogP) is 2.02. The maximum absolute atomic E-state index is 12.1. The Morgan fingerprint density at radius 3 is 2.62 bits per heavy atom. The number of nitrogens with zero attached hydrogens (tertiary/aromatic N) is 1. The van der Waals surface area contributed by atoms with E-state index < -0.39 is 0 Å². The summed E-state index contributed by atoms with van der Waals surface area (Å²) in [7, 11) is 3.43. The minimum absolute atomic E-state index is 0.0505. The number of hydrogen-bond acceptors (Lipinski definition) is 2. The Kier molecular flexibility index (Phi) is 4.50. The van der Waals surface area contributed by atoms with Crippen molar-refractivity contribution in [2.24, 2.45) is 0 Å². The van der Waals surface area contributed by atoms with Crippen molar-refractivity contribution in [3.63, 3.8) is 0 Å². The van der Waals surface area contributed by atoms with Crippen molar-refractivity contribution in [1.29, 1.82) is 0 Å². The van der Waals surface area contributed by atoms with Crippen LogP contribution in [0.3, 0.4) is 0 Å². The molecular weight excluding hydrogens is 202 g/mol. The summed E-state index contributed by atoms with van der Waals surface area (Å²) in [5.41, 5.74) is 2.96. The maximum Gasteiger partial charge on any atom is 0.253 e. The van der Waals surface area contributed by atoms with Gasteiger partial charge in [0, 0.05) is 26.3 Å². The summed E-state index contributed by atoms with van der Waals surface area (Å²) in [6.45, 7) is 5.16. The molecule has 3 heteroatoms. The van der Waals surface area contributed by atoms with Gasteiger partial charge in [0.15, 0.2) is 0 Å². The third kappa shape index (κ3) is 3.07. The Morgan fingerprint density at radius 2 is 2.06 bits per heavy atom. The predicted molar refractivity (Wildman–Crippen MR) is 64.8 cm³/mol. The van der Waals surface area contributed by atoms with Gasteiger partial charge in [0.05, 0.1) is 6.61 Å². The molecule has 0 aromatic heterocycles. The average Bonchev–Trinajstić information content (AvgIpc) is 2.25. The van der Waals surface area contributed by atoms with Crippen LogP contribution in [0.25, 0.3) is 0 Å². The third-order valence-electron chi connectivity index (χ3n) is 2.59. The number of carbonyl (C=O) groups is 1. The van der Waals surface area contributed by atoms with E-state index in [2.05, 4.69) is 0 Å². The van der Waals surface area contributed by atoms with Crippen LogP contribution < -0.4 is 0 Å². The molecule has 0 spiro atoms. The molecule has 3 nitrogen and oxygen atoms in total. The SMILES string of the molecule is COCCN(C)C(=O)c1ccc(C)cc1C. The van der Waals surface area contributed by atoms with Gasteiger partial charge >= 0.3 is 0 Å². The van der Waals surface area contributed by atoms with Crippen LogP contribution in [0.2, 0.25) is 0 Å². The molecule has 0 N–H and O–H groups in total. The monoisotopic (exact) mass is 221 g/mol. The number of methoxy groups -OCH3 is 1. The molecule has 0 aliphatic carbocycles. The van der Waals surface area contributed by atoms with Crippen molar-refractivity contribution in [3.05, 3.63) is 34.9 Å². The van der Waals surface area contributed by atoms with Gasteiger partial charge in [-0.1, -0.05) is 17.7 Å². The minimum Gasteiger partial charge on any atom is -0.383 e. The molecule has 1 amide bonds. The van der Waals surface area contributed by atoms with Crippen molar-refractivity contribution < 1.29 is 9.53 Å². The normalized spacial score (nSPS) is 10.2. The minimum atomic E-state index is 0.0505. The van der Waals surface area contributed by atoms with E-state index in [0.29, 0.717) is 13.2 Å². The zero-order valence-electron chi connectivity index (χ0n) is 10.4. The Bertz CT molecular complexity index is 374. The van der Waals surface area contributed by atoms with E-state index in [9.17, 15) is 4.79 Å². The fourth-order valence-corrected chi connectivity index (χ4v) is 1.59. The Balaban J connectivity index is 2.79. The van der Waals surface area contributed by atoms with Crippen LogP contribution in [0.4, 0.5) is 0 Å². The van der Waals surface area contributed by atoms with Crippen LogP contribution in [0.1, 0.15) is 21.5 Å². The van der Waals surface area contributed by atoms with Crippen LogP contribution in [0, 0.1) is 13.8 Å². The molecule has 16 heavy (non-hydrogen) atoms. The number of aryl methyl sites for hydroxylation is 2. The van der Waals surface area contributed by atoms with Crippen LogP contribution in [-0.4, -0.2) is 38.1 Å². The molecule has 0 fully saturated rings. The molecule has 0 heterocycles. The first-order valence-electron chi connectivity index (χ1n) is 5.38. The first-order chi connectivity index (χ1) is 7.56. The average molecular weight is 221 g/mol. The zero-order valence-corrected chi connectivity index (χ0v) is 10.4. The van der Waals surface area contributed by atoms with E-state index in [-0.39, 0.29) is 5.91 Å². The largest absolute Gasteiger partial charge is 0.383 e. The van der Waals surface area contributed by atoms with Gasteiger partial charge in [-0.3, -0.25) is 4.79 Å². The molecule has 0 atom stereocenters. The first-order valence-corrected chi connectivity index (χ1v) is 5.38. The molecule has 0 bridgehead atoms. The number of likely N-dealkylation sites (N-methyl/N-ethyl adjacent to an activating group) is 1. The third-order valence-corrected chi connectivity index (χ3v) is 2.59. The fourth-order valence-electron chi connectivity index (χ4n) is 1.59. The molecule has 1 rings (SSSR count). The van der Waals surface area contributed by atoms with Crippen molar-refractivity contribution in [2.75, 3.05) is 27.3 Å². The summed E-state index contributed by atoms with van der Waals surface area (Å²) < 4.78 is 4.95. The van der Waals surface area contributed by atoms with E-state index in [4.69, 9.17) is 4.74 Å². The van der Waals surface area contributed by atoms with Crippen LogP contribution >= 0.6 is 0 Å². The van der Waals surface area contributed by atoms with Gasteiger partial charge in [-0.15, -0.1) is 0 Å². The van der Waals surface area contributed by atoms with Gasteiger partial charge in [0.2, 0.25) is 0 Å². The molecule has 0 aliphatic heterocycles. The van der Waals surface area contributed by atoms with Crippen molar-refractivity contribution in [2.45, 2.75) is 13.8 Å². The molecule has 0 saturated heterocycles. The lowest BCUT2D eigenvalue weighted by molar-refractivity contribution is 0.0743. The van der Waals surface area contributed by atoms with Crippen molar-refractivity contribution in [3.8, 4) is 0 Å². The lowest BCUT2D eigenvalue weighted by Gasteiger charge is -2.18. The maximum atomic E-state index is 12.1. The molecule has 0 saturated carbocycles. The van der Waals surface area contributed by atoms with Gasteiger partial charge in [0.1, 0.15) is 0 Å². The highest BCUT2D eigenvalue weighted by Crippen LogP contribution is 2.12. The van der Waals surface area contributed by atoms with Gasteiger partial charge in [0.25, 0.3) is 5.91 Å². The van der Waals surface area contributed by atoms with Gasteiger partial charge in [-0.2, -0.15) is 0 Å².